The molecule has 2 heterocycles. The fourth-order valence-electron chi connectivity index (χ4n) is 6.39. The zero-order valence-corrected chi connectivity index (χ0v) is 21.5. The molecule has 0 spiro atoms. The molecular formula is C24H34F3N5O5. The molecule has 2 unspecified atom stereocenters. The first-order valence-electron chi connectivity index (χ1n) is 12.4. The molecule has 4 rings (SSSR count). The van der Waals surface area contributed by atoms with Crippen LogP contribution in [0.15, 0.2) is 0 Å². The van der Waals surface area contributed by atoms with Gasteiger partial charge in [-0.2, -0.15) is 13.2 Å². The van der Waals surface area contributed by atoms with E-state index in [2.05, 4.69) is 10.6 Å². The molecule has 5 amide bonds. The molecule has 2 aliphatic heterocycles. The number of rotatable bonds is 6. The fraction of sp³-hybridized carbons (Fsp3) is 0.792. The lowest BCUT2D eigenvalue weighted by atomic mass is 9.85. The number of fused-ring (bicyclic) bond motifs is 1. The van der Waals surface area contributed by atoms with Gasteiger partial charge in [-0.3, -0.25) is 24.0 Å². The smallest absolute Gasteiger partial charge is 0.368 e. The third-order valence-electron chi connectivity index (χ3n) is 8.78. The number of primary amides is 1. The summed E-state index contributed by atoms with van der Waals surface area (Å²) in [6.45, 7) is 9.01. The molecule has 0 radical (unpaired) electrons. The van der Waals surface area contributed by atoms with Crippen molar-refractivity contribution in [1.29, 1.82) is 0 Å². The number of nitrogens with zero attached hydrogens (tertiary/aromatic N) is 1. The highest BCUT2D eigenvalue weighted by molar-refractivity contribution is 5.99. The van der Waals surface area contributed by atoms with Crippen molar-refractivity contribution in [1.82, 2.24) is 20.9 Å². The lowest BCUT2D eigenvalue weighted by molar-refractivity contribution is -0.176. The SMILES string of the molecule is CC(C)(C)[C@H](NC(=O)C(F)(F)F)C(=O)N1C[C@H]2[C@@H]([C@H]1C(=O)NC1(C(N)=O)CC1[C@@H]1CCNC1=O)C2(C)C. The van der Waals surface area contributed by atoms with E-state index in [1.165, 1.54) is 25.7 Å². The normalized spacial score (nSPS) is 34.8. The second-order valence-electron chi connectivity index (χ2n) is 12.5. The lowest BCUT2D eigenvalue weighted by Gasteiger charge is -2.38. The fourth-order valence-corrected chi connectivity index (χ4v) is 6.39. The molecule has 13 heteroatoms. The second kappa shape index (κ2) is 8.32. The Labute approximate surface area is 212 Å². The summed E-state index contributed by atoms with van der Waals surface area (Å²) in [5.74, 6) is -5.98. The molecule has 37 heavy (non-hydrogen) atoms. The molecule has 2 saturated carbocycles. The highest BCUT2D eigenvalue weighted by atomic mass is 19.4. The molecule has 4 fully saturated rings. The van der Waals surface area contributed by atoms with Crippen molar-refractivity contribution >= 4 is 29.5 Å². The standard InChI is InChI=1S/C24H34F3N5O5/c1-21(2,3)15(30-20(37)24(25,26)27)18(35)32-9-12-13(22(12,4)5)14(32)17(34)31-23(19(28)36)8-11(23)10-6-7-29-16(10)33/h10-15H,6-9H2,1-5H3,(H2,28,36)(H,29,33)(H,30,37)(H,31,34)/t10-,11?,12-,13-,14-,15+,23?/m0/s1. The minimum atomic E-state index is -5.18. The van der Waals surface area contributed by atoms with Crippen molar-refractivity contribution in [3.05, 3.63) is 0 Å². The minimum Gasteiger partial charge on any atom is -0.368 e. The molecule has 206 valence electrons. The van der Waals surface area contributed by atoms with Gasteiger partial charge in [0.15, 0.2) is 0 Å². The van der Waals surface area contributed by atoms with Gasteiger partial charge in [0.05, 0.1) is 0 Å². The third kappa shape index (κ3) is 4.43. The molecule has 2 aliphatic carbocycles. The number of amides is 5. The molecule has 0 aromatic rings. The van der Waals surface area contributed by atoms with E-state index in [-0.39, 0.29) is 36.1 Å². The Balaban J connectivity index is 1.58. The van der Waals surface area contributed by atoms with Crippen molar-refractivity contribution in [3.63, 3.8) is 0 Å². The monoisotopic (exact) mass is 529 g/mol. The molecule has 5 N–H and O–H groups in total. The first kappa shape index (κ1) is 27.2. The van der Waals surface area contributed by atoms with Crippen LogP contribution in [-0.2, 0) is 24.0 Å². The van der Waals surface area contributed by atoms with Gasteiger partial charge < -0.3 is 26.6 Å². The summed E-state index contributed by atoms with van der Waals surface area (Å²) in [7, 11) is 0. The molecule has 10 nitrogen and oxygen atoms in total. The molecule has 0 aromatic heterocycles. The Morgan fingerprint density at radius 3 is 2.24 bits per heavy atom. The van der Waals surface area contributed by atoms with Crippen LogP contribution in [0, 0.1) is 34.5 Å². The predicted molar refractivity (Wildman–Crippen MR) is 123 cm³/mol. The number of nitrogens with one attached hydrogen (secondary N) is 3. The van der Waals surface area contributed by atoms with Gasteiger partial charge in [0.25, 0.3) is 0 Å². The molecule has 2 saturated heterocycles. The molecule has 0 bridgehead atoms. The first-order chi connectivity index (χ1) is 16.8. The average Bonchev–Trinajstić information content (AvgIpc) is 3.38. The van der Waals surface area contributed by atoms with Crippen molar-refractivity contribution in [2.24, 2.45) is 40.2 Å². The maximum atomic E-state index is 13.7. The Bertz CT molecular complexity index is 1050. The second-order valence-corrected chi connectivity index (χ2v) is 12.5. The number of nitrogens with two attached hydrogens (primary N) is 1. The van der Waals surface area contributed by atoms with Gasteiger partial charge in [-0.25, -0.2) is 0 Å². The van der Waals surface area contributed by atoms with Gasteiger partial charge in [-0.05, 0) is 35.5 Å². The highest BCUT2D eigenvalue weighted by Crippen LogP contribution is 2.65. The van der Waals surface area contributed by atoms with Gasteiger partial charge in [-0.1, -0.05) is 34.6 Å². The van der Waals surface area contributed by atoms with Crippen molar-refractivity contribution < 1.29 is 37.1 Å². The van der Waals surface area contributed by atoms with Crippen LogP contribution in [0.1, 0.15) is 47.5 Å². The third-order valence-corrected chi connectivity index (χ3v) is 8.78. The van der Waals surface area contributed by atoms with Crippen LogP contribution in [0.2, 0.25) is 0 Å². The number of halogens is 3. The van der Waals surface area contributed by atoms with E-state index in [4.69, 9.17) is 5.73 Å². The summed E-state index contributed by atoms with van der Waals surface area (Å²) in [6.07, 6.45) is -4.49. The van der Waals surface area contributed by atoms with Crippen LogP contribution >= 0.6 is 0 Å². The maximum absolute atomic E-state index is 13.7. The molecule has 0 aromatic carbocycles. The van der Waals surface area contributed by atoms with E-state index in [1.54, 1.807) is 5.32 Å². The average molecular weight is 530 g/mol. The van der Waals surface area contributed by atoms with Crippen LogP contribution < -0.4 is 21.7 Å². The summed E-state index contributed by atoms with van der Waals surface area (Å²) in [6, 6.07) is -2.60. The Hall–Kier alpha value is -2.86. The minimum absolute atomic E-state index is 0.0775. The van der Waals surface area contributed by atoms with E-state index in [0.29, 0.717) is 13.0 Å². The number of carbonyl (C=O) groups excluding carboxylic acids is 5. The lowest BCUT2D eigenvalue weighted by Crippen LogP contribution is -2.62. The van der Waals surface area contributed by atoms with E-state index < -0.39 is 64.7 Å². The van der Waals surface area contributed by atoms with Crippen LogP contribution in [0.25, 0.3) is 0 Å². The Morgan fingerprint density at radius 2 is 1.76 bits per heavy atom. The van der Waals surface area contributed by atoms with Gasteiger partial charge in [0.2, 0.25) is 23.6 Å². The zero-order chi connectivity index (χ0) is 27.9. The van der Waals surface area contributed by atoms with Crippen molar-refractivity contribution in [2.45, 2.75) is 71.3 Å². The van der Waals surface area contributed by atoms with Gasteiger partial charge in [-0.15, -0.1) is 0 Å². The number of hydrogen-bond acceptors (Lipinski definition) is 5. The number of hydrogen-bond donors (Lipinski definition) is 4. The van der Waals surface area contributed by atoms with Gasteiger partial charge in [0, 0.05) is 24.9 Å². The molecular weight excluding hydrogens is 495 g/mol. The van der Waals surface area contributed by atoms with Crippen molar-refractivity contribution in [3.8, 4) is 0 Å². The van der Waals surface area contributed by atoms with E-state index in [1.807, 2.05) is 13.8 Å². The Kier molecular flexibility index (Phi) is 6.11. The number of alkyl halides is 3. The number of likely N-dealkylation sites (tertiary alicyclic amines) is 1. The summed E-state index contributed by atoms with van der Waals surface area (Å²) < 4.78 is 39.0. The van der Waals surface area contributed by atoms with Crippen LogP contribution in [0.4, 0.5) is 13.2 Å². The number of piperidine rings is 1. The summed E-state index contributed by atoms with van der Waals surface area (Å²) in [4.78, 5) is 64.8. The van der Waals surface area contributed by atoms with Crippen LogP contribution in [0.3, 0.4) is 0 Å². The molecule has 7 atom stereocenters. The predicted octanol–water partition coefficient (Wildman–Crippen LogP) is 0.0589. The van der Waals surface area contributed by atoms with Gasteiger partial charge >= 0.3 is 12.1 Å². The number of carbonyl (C=O) groups is 5. The van der Waals surface area contributed by atoms with Crippen molar-refractivity contribution in [2.75, 3.05) is 13.1 Å². The van der Waals surface area contributed by atoms with E-state index in [9.17, 15) is 37.1 Å². The van der Waals surface area contributed by atoms with Crippen LogP contribution in [-0.4, -0.2) is 71.3 Å². The van der Waals surface area contributed by atoms with Crippen LogP contribution in [0.5, 0.6) is 0 Å². The summed E-state index contributed by atoms with van der Waals surface area (Å²) >= 11 is 0. The Morgan fingerprint density at radius 1 is 1.14 bits per heavy atom. The van der Waals surface area contributed by atoms with E-state index in [0.717, 1.165) is 0 Å². The highest BCUT2D eigenvalue weighted by Gasteiger charge is 2.72. The topological polar surface area (TPSA) is 151 Å². The largest absolute Gasteiger partial charge is 0.471 e. The first-order valence-corrected chi connectivity index (χ1v) is 12.4. The summed E-state index contributed by atoms with van der Waals surface area (Å²) in [5, 5.41) is 7.23. The van der Waals surface area contributed by atoms with E-state index >= 15 is 0 Å². The maximum Gasteiger partial charge on any atom is 0.471 e. The molecule has 4 aliphatic rings. The summed E-state index contributed by atoms with van der Waals surface area (Å²) in [5.41, 5.74) is 2.83. The van der Waals surface area contributed by atoms with Gasteiger partial charge in [0.1, 0.15) is 17.6 Å². The quantitative estimate of drug-likeness (QED) is 0.384. The zero-order valence-electron chi connectivity index (χ0n) is 21.5.